The summed E-state index contributed by atoms with van der Waals surface area (Å²) in [7, 11) is 0. The van der Waals surface area contributed by atoms with Gasteiger partial charge in [-0.1, -0.05) is 234 Å². The molecule has 77 heavy (non-hydrogen) atoms. The van der Waals surface area contributed by atoms with E-state index in [1.165, 1.54) is 141 Å². The van der Waals surface area contributed by atoms with Crippen LogP contribution in [0.25, 0.3) is 0 Å². The normalized spacial score (nSPS) is 25.2. The van der Waals surface area contributed by atoms with Gasteiger partial charge in [0.25, 0.3) is 0 Å². The Balaban J connectivity index is 1.76. The maximum absolute atomic E-state index is 13.2. The first-order chi connectivity index (χ1) is 37.6. The fourth-order valence-electron chi connectivity index (χ4n) is 9.74. The van der Waals surface area contributed by atoms with Crippen molar-refractivity contribution >= 4 is 5.91 Å². The van der Waals surface area contributed by atoms with E-state index >= 15 is 0 Å². The molecule has 14 nitrogen and oxygen atoms in total. The summed E-state index contributed by atoms with van der Waals surface area (Å²) in [6.07, 6.45) is 46.7. The van der Waals surface area contributed by atoms with Crippen molar-refractivity contribution in [1.29, 1.82) is 0 Å². The third-order valence-corrected chi connectivity index (χ3v) is 14.6. The van der Waals surface area contributed by atoms with Crippen LogP contribution in [0.4, 0.5) is 0 Å². The largest absolute Gasteiger partial charge is 0.394 e. The molecule has 12 atom stereocenters. The number of allylic oxidation sites excluding steroid dienone is 11. The zero-order chi connectivity index (χ0) is 56.0. The summed E-state index contributed by atoms with van der Waals surface area (Å²) in [5.41, 5.74) is 0. The van der Waals surface area contributed by atoms with Crippen LogP contribution >= 0.6 is 0 Å². The van der Waals surface area contributed by atoms with Crippen LogP contribution < -0.4 is 5.32 Å². The number of hydrogen-bond donors (Lipinski definition) is 9. The van der Waals surface area contributed by atoms with E-state index in [-0.39, 0.29) is 18.9 Å². The van der Waals surface area contributed by atoms with Crippen molar-refractivity contribution in [2.45, 2.75) is 299 Å². The summed E-state index contributed by atoms with van der Waals surface area (Å²) in [5.74, 6) is -0.296. The first-order valence-electron chi connectivity index (χ1n) is 30.7. The van der Waals surface area contributed by atoms with Gasteiger partial charge in [-0.25, -0.2) is 0 Å². The molecule has 0 aliphatic carbocycles. The summed E-state index contributed by atoms with van der Waals surface area (Å²) in [6.45, 7) is 2.65. The van der Waals surface area contributed by atoms with E-state index in [2.05, 4.69) is 73.8 Å². The minimum Gasteiger partial charge on any atom is -0.394 e. The summed E-state index contributed by atoms with van der Waals surface area (Å²) < 4.78 is 22.7. The Morgan fingerprint density at radius 3 is 1.36 bits per heavy atom. The smallest absolute Gasteiger partial charge is 0.220 e. The van der Waals surface area contributed by atoms with Crippen molar-refractivity contribution in [3.8, 4) is 0 Å². The highest BCUT2D eigenvalue weighted by Gasteiger charge is 2.51. The maximum Gasteiger partial charge on any atom is 0.220 e. The van der Waals surface area contributed by atoms with E-state index in [0.717, 1.165) is 51.4 Å². The van der Waals surface area contributed by atoms with Gasteiger partial charge in [0.1, 0.15) is 48.8 Å². The van der Waals surface area contributed by atoms with Gasteiger partial charge >= 0.3 is 0 Å². The lowest BCUT2D eigenvalue weighted by atomic mass is 9.97. The molecule has 2 aliphatic heterocycles. The Hall–Kier alpha value is -2.57. The molecule has 0 aromatic heterocycles. The van der Waals surface area contributed by atoms with E-state index in [1.807, 2.05) is 12.2 Å². The molecule has 2 saturated heterocycles. The van der Waals surface area contributed by atoms with Crippen LogP contribution in [0.5, 0.6) is 0 Å². The van der Waals surface area contributed by atoms with Crippen LogP contribution in [0, 0.1) is 0 Å². The molecule has 1 amide bonds. The summed E-state index contributed by atoms with van der Waals surface area (Å²) >= 11 is 0. The summed E-state index contributed by atoms with van der Waals surface area (Å²) in [6, 6.07) is -0.949. The third kappa shape index (κ3) is 33.7. The number of carbonyl (C=O) groups excluding carboxylic acids is 1. The summed E-state index contributed by atoms with van der Waals surface area (Å²) in [5, 5.41) is 87.1. The Bertz CT molecular complexity index is 1570. The number of aliphatic hydroxyl groups excluding tert-OH is 8. The lowest BCUT2D eigenvalue weighted by Crippen LogP contribution is -2.65. The Kier molecular flexibility index (Phi) is 44.1. The van der Waals surface area contributed by atoms with Gasteiger partial charge in [0.2, 0.25) is 5.91 Å². The fourth-order valence-corrected chi connectivity index (χ4v) is 9.74. The first-order valence-corrected chi connectivity index (χ1v) is 30.7. The van der Waals surface area contributed by atoms with E-state index in [0.29, 0.717) is 12.8 Å². The van der Waals surface area contributed by atoms with Gasteiger partial charge < -0.3 is 65.1 Å². The van der Waals surface area contributed by atoms with Crippen LogP contribution in [0.15, 0.2) is 72.9 Å². The highest BCUT2D eigenvalue weighted by Crippen LogP contribution is 2.30. The average molecular weight is 1090 g/mol. The van der Waals surface area contributed by atoms with Gasteiger partial charge in [-0.3, -0.25) is 4.79 Å². The number of aliphatic hydroxyl groups is 8. The van der Waals surface area contributed by atoms with Gasteiger partial charge in [0.15, 0.2) is 12.6 Å². The lowest BCUT2D eigenvalue weighted by Gasteiger charge is -2.46. The Morgan fingerprint density at radius 1 is 0.481 bits per heavy atom. The second kappa shape index (κ2) is 48.2. The van der Waals surface area contributed by atoms with Crippen LogP contribution in [-0.2, 0) is 23.7 Å². The molecule has 0 saturated carbocycles. The topological polar surface area (TPSA) is 228 Å². The number of carbonyl (C=O) groups is 1. The molecule has 2 rings (SSSR count). The Labute approximate surface area is 466 Å². The van der Waals surface area contributed by atoms with Crippen molar-refractivity contribution in [2.75, 3.05) is 19.8 Å². The third-order valence-electron chi connectivity index (χ3n) is 14.6. The minimum absolute atomic E-state index is 0.200. The number of nitrogens with one attached hydrogen (secondary N) is 1. The zero-order valence-corrected chi connectivity index (χ0v) is 47.9. The van der Waals surface area contributed by atoms with Crippen LogP contribution in [-0.4, -0.2) is 140 Å². The molecule has 12 unspecified atom stereocenters. The van der Waals surface area contributed by atoms with E-state index in [9.17, 15) is 45.6 Å². The molecule has 0 aromatic rings. The highest BCUT2D eigenvalue weighted by atomic mass is 16.7. The lowest BCUT2D eigenvalue weighted by molar-refractivity contribution is -0.359. The number of hydrogen-bond acceptors (Lipinski definition) is 13. The molecule has 14 heteroatoms. The molecule has 2 fully saturated rings. The average Bonchev–Trinajstić information content (AvgIpc) is 3.44. The standard InChI is InChI=1S/C63H111NO13/c1-3-5-7-9-11-13-15-17-19-21-22-23-24-25-26-27-28-29-31-32-34-36-38-40-42-44-46-52(67)51(64-55(68)47-45-43-41-39-37-35-33-30-20-18-16-14-12-10-8-6-4-2)50-74-62-60(73)58(71)61(54(49-66)76-62)77-63-59(72)57(70)56(69)53(48-65)75-63/h6,8,12,14,18,20,33,35,39,41,44,46,51-54,56-63,65-67,69-73H,3-5,7,9-11,13,15-17,19,21-32,34,36-38,40,42-43,45,47-50H2,1-2H3,(H,64,68)/b8-6-,14-12-,20-18-,35-33-,41-39-,46-44+. The van der Waals surface area contributed by atoms with Crippen molar-refractivity contribution in [2.24, 2.45) is 0 Å². The monoisotopic (exact) mass is 1090 g/mol. The predicted octanol–water partition coefficient (Wildman–Crippen LogP) is 10.7. The van der Waals surface area contributed by atoms with Crippen LogP contribution in [0.2, 0.25) is 0 Å². The summed E-state index contributed by atoms with van der Waals surface area (Å²) in [4.78, 5) is 13.2. The van der Waals surface area contributed by atoms with E-state index in [4.69, 9.17) is 18.9 Å². The highest BCUT2D eigenvalue weighted by molar-refractivity contribution is 5.76. The molecule has 0 aromatic carbocycles. The molecular formula is C63H111NO13. The minimum atomic E-state index is -1.80. The maximum atomic E-state index is 13.2. The quantitative estimate of drug-likeness (QED) is 0.0204. The van der Waals surface area contributed by atoms with Crippen molar-refractivity contribution in [3.05, 3.63) is 72.9 Å². The number of unbranched alkanes of at least 4 members (excludes halogenated alkanes) is 25. The molecule has 2 heterocycles. The van der Waals surface area contributed by atoms with Crippen molar-refractivity contribution in [1.82, 2.24) is 5.32 Å². The second-order valence-corrected chi connectivity index (χ2v) is 21.5. The van der Waals surface area contributed by atoms with Gasteiger partial charge in [-0.2, -0.15) is 0 Å². The Morgan fingerprint density at radius 2 is 0.896 bits per heavy atom. The van der Waals surface area contributed by atoms with Crippen molar-refractivity contribution in [3.63, 3.8) is 0 Å². The van der Waals surface area contributed by atoms with Crippen molar-refractivity contribution < 1.29 is 64.6 Å². The van der Waals surface area contributed by atoms with E-state index in [1.54, 1.807) is 6.08 Å². The predicted molar refractivity (Wildman–Crippen MR) is 309 cm³/mol. The van der Waals surface area contributed by atoms with Gasteiger partial charge in [0, 0.05) is 6.42 Å². The van der Waals surface area contributed by atoms with Gasteiger partial charge in [0.05, 0.1) is 32.0 Å². The molecule has 9 N–H and O–H groups in total. The molecule has 2 aliphatic rings. The van der Waals surface area contributed by atoms with E-state index < -0.39 is 86.8 Å². The number of amides is 1. The first kappa shape index (κ1) is 70.5. The SMILES string of the molecule is CC/C=C\C/C=C\C/C=C\C/C=C\C/C=C\CCCC(=O)NC(COC1OC(CO)C(OC2OC(CO)C(O)C(O)C2O)C(O)C1O)C(O)/C=C/CCCCCCCCCCCCCCCCCCCCCCCCCC. The van der Waals surface area contributed by atoms with Gasteiger partial charge in [-0.05, 0) is 57.8 Å². The van der Waals surface area contributed by atoms with Crippen LogP contribution in [0.1, 0.15) is 226 Å². The molecule has 446 valence electrons. The molecule has 0 bridgehead atoms. The second-order valence-electron chi connectivity index (χ2n) is 21.5. The van der Waals surface area contributed by atoms with Gasteiger partial charge in [-0.15, -0.1) is 0 Å². The molecule has 0 spiro atoms. The fraction of sp³-hybridized carbons (Fsp3) is 0.794. The van der Waals surface area contributed by atoms with Crippen LogP contribution in [0.3, 0.4) is 0 Å². The molecular weight excluding hydrogens is 979 g/mol. The number of ether oxygens (including phenoxy) is 4. The number of rotatable bonds is 48. The molecule has 0 radical (unpaired) electrons. The zero-order valence-electron chi connectivity index (χ0n) is 47.9.